The third-order valence-corrected chi connectivity index (χ3v) is 5.37. The number of benzene rings is 3. The zero-order chi connectivity index (χ0) is 21.1. The van der Waals surface area contributed by atoms with Crippen molar-refractivity contribution < 1.29 is 4.79 Å². The third kappa shape index (κ3) is 4.30. The van der Waals surface area contributed by atoms with Crippen LogP contribution in [0.1, 0.15) is 10.4 Å². The number of aromatic amines is 1. The number of pyridine rings is 1. The van der Waals surface area contributed by atoms with Crippen molar-refractivity contribution in [2.24, 2.45) is 0 Å². The predicted octanol–water partition coefficient (Wildman–Crippen LogP) is 6.27. The maximum atomic E-state index is 12.5. The van der Waals surface area contributed by atoms with E-state index in [-0.39, 0.29) is 5.56 Å². The first-order chi connectivity index (χ1) is 14.5. The van der Waals surface area contributed by atoms with Crippen molar-refractivity contribution >= 4 is 34.8 Å². The van der Waals surface area contributed by atoms with Crippen molar-refractivity contribution in [2.45, 2.75) is 0 Å². The molecule has 4 nitrogen and oxygen atoms in total. The largest absolute Gasteiger partial charge is 0.322 e. The van der Waals surface area contributed by atoms with Crippen molar-refractivity contribution in [3.8, 4) is 22.4 Å². The summed E-state index contributed by atoms with van der Waals surface area (Å²) in [4.78, 5) is 27.7. The Morgan fingerprint density at radius 1 is 0.733 bits per heavy atom. The molecule has 0 saturated carbocycles. The van der Waals surface area contributed by atoms with Crippen molar-refractivity contribution in [1.29, 1.82) is 0 Å². The van der Waals surface area contributed by atoms with E-state index >= 15 is 0 Å². The molecule has 4 aromatic rings. The molecule has 0 aliphatic carbocycles. The van der Waals surface area contributed by atoms with Gasteiger partial charge in [-0.05, 0) is 47.0 Å². The van der Waals surface area contributed by atoms with Gasteiger partial charge >= 0.3 is 0 Å². The fraction of sp³-hybridized carbons (Fsp3) is 0. The smallest absolute Gasteiger partial charge is 0.261 e. The first-order valence-electron chi connectivity index (χ1n) is 9.17. The average Bonchev–Trinajstić information content (AvgIpc) is 2.77. The normalized spacial score (nSPS) is 10.6. The van der Waals surface area contributed by atoms with Crippen LogP contribution in [0, 0.1) is 0 Å². The lowest BCUT2D eigenvalue weighted by atomic mass is 10.0. The van der Waals surface area contributed by atoms with Crippen LogP contribution >= 0.6 is 23.2 Å². The fourth-order valence-corrected chi connectivity index (χ4v) is 3.36. The summed E-state index contributed by atoms with van der Waals surface area (Å²) in [5.74, 6) is -0.527. The summed E-state index contributed by atoms with van der Waals surface area (Å²) in [5.41, 5.74) is 3.66. The van der Waals surface area contributed by atoms with Crippen LogP contribution in [0.4, 0.5) is 5.69 Å². The van der Waals surface area contributed by atoms with Crippen LogP contribution in [-0.4, -0.2) is 10.9 Å². The summed E-state index contributed by atoms with van der Waals surface area (Å²) in [7, 11) is 0. The quantitative estimate of drug-likeness (QED) is 0.397. The maximum absolute atomic E-state index is 12.5. The lowest BCUT2D eigenvalue weighted by Crippen LogP contribution is -2.23. The van der Waals surface area contributed by atoms with Gasteiger partial charge in [0, 0.05) is 11.4 Å². The lowest BCUT2D eigenvalue weighted by Gasteiger charge is -2.08. The van der Waals surface area contributed by atoms with Gasteiger partial charge < -0.3 is 10.3 Å². The Morgan fingerprint density at radius 2 is 1.40 bits per heavy atom. The van der Waals surface area contributed by atoms with Gasteiger partial charge in [0.05, 0.1) is 10.0 Å². The van der Waals surface area contributed by atoms with Crippen LogP contribution in [0.15, 0.2) is 89.7 Å². The molecular weight excluding hydrogens is 419 g/mol. The first kappa shape index (κ1) is 20.0. The highest BCUT2D eigenvalue weighted by Gasteiger charge is 2.13. The summed E-state index contributed by atoms with van der Waals surface area (Å²) in [6.45, 7) is 0. The van der Waals surface area contributed by atoms with Crippen LogP contribution in [0.25, 0.3) is 22.4 Å². The zero-order valence-corrected chi connectivity index (χ0v) is 17.2. The molecule has 6 heteroatoms. The molecule has 0 fully saturated rings. The minimum Gasteiger partial charge on any atom is -0.322 e. The fourth-order valence-electron chi connectivity index (χ4n) is 3.07. The van der Waals surface area contributed by atoms with Crippen LogP contribution in [0.2, 0.25) is 10.0 Å². The molecular formula is C24H16Cl2N2O2. The van der Waals surface area contributed by atoms with Crippen LogP contribution in [-0.2, 0) is 0 Å². The second-order valence-electron chi connectivity index (χ2n) is 6.64. The van der Waals surface area contributed by atoms with E-state index < -0.39 is 11.5 Å². The summed E-state index contributed by atoms with van der Waals surface area (Å²) < 4.78 is 0. The topological polar surface area (TPSA) is 62.0 Å². The molecule has 0 atom stereocenters. The van der Waals surface area contributed by atoms with Crippen molar-refractivity contribution in [2.75, 3.05) is 5.32 Å². The van der Waals surface area contributed by atoms with Crippen LogP contribution < -0.4 is 10.9 Å². The molecule has 0 unspecified atom stereocenters. The Hall–Kier alpha value is -3.34. The van der Waals surface area contributed by atoms with E-state index in [4.69, 9.17) is 23.2 Å². The van der Waals surface area contributed by atoms with Gasteiger partial charge in [0.1, 0.15) is 5.56 Å². The van der Waals surface area contributed by atoms with Gasteiger partial charge in [-0.1, -0.05) is 77.8 Å². The molecule has 0 bridgehead atoms. The zero-order valence-electron chi connectivity index (χ0n) is 15.7. The van der Waals surface area contributed by atoms with Crippen molar-refractivity contribution in [3.63, 3.8) is 0 Å². The third-order valence-electron chi connectivity index (χ3n) is 4.63. The minimum absolute atomic E-state index is 0.00530. The number of aromatic nitrogens is 1. The Labute approximate surface area is 183 Å². The molecule has 3 aromatic carbocycles. The first-order valence-corrected chi connectivity index (χ1v) is 9.92. The van der Waals surface area contributed by atoms with Crippen LogP contribution in [0.3, 0.4) is 0 Å². The van der Waals surface area contributed by atoms with E-state index in [1.807, 2.05) is 54.6 Å². The Morgan fingerprint density at radius 3 is 2.07 bits per heavy atom. The van der Waals surface area contributed by atoms with Gasteiger partial charge in [-0.25, -0.2) is 0 Å². The number of hydrogen-bond donors (Lipinski definition) is 2. The summed E-state index contributed by atoms with van der Waals surface area (Å²) in [6, 6.07) is 25.8. The number of rotatable bonds is 4. The van der Waals surface area contributed by atoms with Gasteiger partial charge in [0.25, 0.3) is 11.5 Å². The van der Waals surface area contributed by atoms with E-state index in [0.29, 0.717) is 21.4 Å². The monoisotopic (exact) mass is 434 g/mol. The number of carbonyl (C=O) groups is 1. The number of nitrogens with one attached hydrogen (secondary N) is 2. The second-order valence-corrected chi connectivity index (χ2v) is 7.46. The lowest BCUT2D eigenvalue weighted by molar-refractivity contribution is 0.102. The Kier molecular flexibility index (Phi) is 5.70. The average molecular weight is 435 g/mol. The van der Waals surface area contributed by atoms with E-state index in [2.05, 4.69) is 10.3 Å². The Bertz CT molecular complexity index is 1270. The van der Waals surface area contributed by atoms with E-state index in [1.165, 1.54) is 12.1 Å². The van der Waals surface area contributed by atoms with Gasteiger partial charge in [-0.15, -0.1) is 0 Å². The summed E-state index contributed by atoms with van der Waals surface area (Å²) >= 11 is 11.8. The molecule has 1 amide bonds. The molecule has 0 radical (unpaired) electrons. The van der Waals surface area contributed by atoms with Crippen LogP contribution in [0.5, 0.6) is 0 Å². The Balaban J connectivity index is 1.55. The highest BCUT2D eigenvalue weighted by atomic mass is 35.5. The standard InChI is InChI=1S/C24H16Cl2N2O2/c25-20-12-10-18(14-21(20)26)27-23(29)19-11-13-22(28-24(19)30)17-8-6-16(7-9-17)15-4-2-1-3-5-15/h1-14H,(H,27,29)(H,28,30). The highest BCUT2D eigenvalue weighted by Crippen LogP contribution is 2.26. The molecule has 2 N–H and O–H groups in total. The molecule has 0 saturated heterocycles. The van der Waals surface area contributed by atoms with E-state index in [9.17, 15) is 9.59 Å². The molecule has 1 aromatic heterocycles. The van der Waals surface area contributed by atoms with Gasteiger partial charge in [-0.2, -0.15) is 0 Å². The molecule has 148 valence electrons. The maximum Gasteiger partial charge on any atom is 0.261 e. The summed E-state index contributed by atoms with van der Waals surface area (Å²) in [6.07, 6.45) is 0. The molecule has 1 heterocycles. The number of halogens is 2. The predicted molar refractivity (Wildman–Crippen MR) is 122 cm³/mol. The SMILES string of the molecule is O=C(Nc1ccc(Cl)c(Cl)c1)c1ccc(-c2ccc(-c3ccccc3)cc2)[nH]c1=O. The van der Waals surface area contributed by atoms with Gasteiger partial charge in [-0.3, -0.25) is 9.59 Å². The molecule has 30 heavy (non-hydrogen) atoms. The van der Waals surface area contributed by atoms with Gasteiger partial charge in [0.15, 0.2) is 0 Å². The van der Waals surface area contributed by atoms with Crippen molar-refractivity contribution in [1.82, 2.24) is 4.98 Å². The number of hydrogen-bond acceptors (Lipinski definition) is 2. The minimum atomic E-state index is -0.527. The number of anilines is 1. The molecule has 0 aliphatic heterocycles. The van der Waals surface area contributed by atoms with E-state index in [0.717, 1.165) is 16.7 Å². The molecule has 0 spiro atoms. The molecule has 4 rings (SSSR count). The summed E-state index contributed by atoms with van der Waals surface area (Å²) in [5, 5.41) is 3.35. The molecule has 0 aliphatic rings. The second kappa shape index (κ2) is 8.57. The van der Waals surface area contributed by atoms with Gasteiger partial charge in [0.2, 0.25) is 0 Å². The highest BCUT2D eigenvalue weighted by molar-refractivity contribution is 6.42. The van der Waals surface area contributed by atoms with E-state index in [1.54, 1.807) is 18.2 Å². The number of amides is 1. The number of carbonyl (C=O) groups excluding carboxylic acids is 1. The van der Waals surface area contributed by atoms with Crippen molar-refractivity contribution in [3.05, 3.63) is 111 Å². The number of H-pyrrole nitrogens is 1.